The molecule has 0 fully saturated rings. The smallest absolute Gasteiger partial charge is 0.115 e. The van der Waals surface area contributed by atoms with Crippen molar-refractivity contribution < 1.29 is 0 Å². The van der Waals surface area contributed by atoms with E-state index in [2.05, 4.69) is 71.6 Å². The molecule has 7 rings (SSSR count). The molecule has 0 saturated carbocycles. The summed E-state index contributed by atoms with van der Waals surface area (Å²) in [5, 5.41) is 6.93. The average Bonchev–Trinajstić information content (AvgIpc) is 3.65. The zero-order valence-electron chi connectivity index (χ0n) is 20.5. The van der Waals surface area contributed by atoms with E-state index in [1.165, 1.54) is 26.1 Å². The summed E-state index contributed by atoms with van der Waals surface area (Å²) in [7, 11) is 0. The Balaban J connectivity index is 1.38. The molecule has 6 aromatic rings. The largest absolute Gasteiger partial charge is 0.365 e. The second-order valence-corrected chi connectivity index (χ2v) is 10.8. The van der Waals surface area contributed by atoms with E-state index in [1.54, 1.807) is 12.4 Å². The number of amidine groups is 1. The molecule has 2 atom stereocenters. The molecule has 3 aromatic carbocycles. The summed E-state index contributed by atoms with van der Waals surface area (Å²) in [4.78, 5) is 23.8. The second-order valence-electron chi connectivity index (χ2n) is 9.70. The number of aromatic amines is 1. The molecule has 4 heterocycles. The van der Waals surface area contributed by atoms with Crippen molar-refractivity contribution in [1.29, 1.82) is 0 Å². The molecular weight excluding hydrogens is 464 g/mol. The SMILES string of the molecule is CCC(C)c1nc2c3ccc(-c4cc5ccc(C6CN=C(C)N6)cc5s4)cc3c3nccnc3c2[nH]1. The molecule has 0 aliphatic carbocycles. The van der Waals surface area contributed by atoms with Gasteiger partial charge in [-0.2, -0.15) is 0 Å². The maximum atomic E-state index is 5.02. The molecule has 1 aliphatic heterocycles. The van der Waals surface area contributed by atoms with Gasteiger partial charge >= 0.3 is 0 Å². The van der Waals surface area contributed by atoms with Crippen molar-refractivity contribution >= 4 is 60.1 Å². The number of thiophene rings is 1. The fourth-order valence-corrected chi connectivity index (χ4v) is 6.28. The third-order valence-electron chi connectivity index (χ3n) is 7.39. The van der Waals surface area contributed by atoms with Gasteiger partial charge in [-0.3, -0.25) is 15.0 Å². The predicted molar refractivity (Wildman–Crippen MR) is 150 cm³/mol. The number of nitrogens with one attached hydrogen (secondary N) is 2. The minimum absolute atomic E-state index is 0.266. The van der Waals surface area contributed by atoms with Crippen LogP contribution in [0.2, 0.25) is 0 Å². The lowest BCUT2D eigenvalue weighted by molar-refractivity contribution is 0.692. The summed E-state index contributed by atoms with van der Waals surface area (Å²) >= 11 is 1.83. The summed E-state index contributed by atoms with van der Waals surface area (Å²) in [5.74, 6) is 2.38. The first kappa shape index (κ1) is 21.4. The minimum Gasteiger partial charge on any atom is -0.365 e. The van der Waals surface area contributed by atoms with Gasteiger partial charge < -0.3 is 10.3 Å². The van der Waals surface area contributed by atoms with Crippen LogP contribution in [-0.4, -0.2) is 32.3 Å². The van der Waals surface area contributed by atoms with E-state index in [0.29, 0.717) is 5.92 Å². The second kappa shape index (κ2) is 8.10. The molecule has 0 radical (unpaired) electrons. The number of H-pyrrole nitrogens is 1. The van der Waals surface area contributed by atoms with Gasteiger partial charge in [-0.1, -0.05) is 38.1 Å². The first-order valence-corrected chi connectivity index (χ1v) is 13.3. The zero-order chi connectivity index (χ0) is 24.4. The average molecular weight is 491 g/mol. The van der Waals surface area contributed by atoms with Crippen LogP contribution in [0.15, 0.2) is 59.9 Å². The van der Waals surface area contributed by atoms with Crippen LogP contribution in [0.25, 0.3) is 53.4 Å². The van der Waals surface area contributed by atoms with Crippen molar-refractivity contribution in [3.05, 3.63) is 66.2 Å². The predicted octanol–water partition coefficient (Wildman–Crippen LogP) is 7.12. The number of rotatable bonds is 4. The van der Waals surface area contributed by atoms with Gasteiger partial charge in [-0.15, -0.1) is 11.3 Å². The quantitative estimate of drug-likeness (QED) is 0.258. The van der Waals surface area contributed by atoms with Gasteiger partial charge in [0.1, 0.15) is 11.3 Å². The Labute approximate surface area is 212 Å². The molecule has 0 spiro atoms. The summed E-state index contributed by atoms with van der Waals surface area (Å²) in [6.07, 6.45) is 4.56. The van der Waals surface area contributed by atoms with Crippen molar-refractivity contribution in [3.8, 4) is 10.4 Å². The van der Waals surface area contributed by atoms with Crippen LogP contribution >= 0.6 is 11.3 Å². The fourth-order valence-electron chi connectivity index (χ4n) is 5.17. The number of hydrogen-bond donors (Lipinski definition) is 2. The fraction of sp³-hybridized carbons (Fsp3) is 0.241. The lowest BCUT2D eigenvalue weighted by Crippen LogP contribution is -2.20. The number of aromatic nitrogens is 4. The van der Waals surface area contributed by atoms with E-state index >= 15 is 0 Å². The van der Waals surface area contributed by atoms with Crippen molar-refractivity contribution in [2.75, 3.05) is 6.54 Å². The number of hydrogen-bond acceptors (Lipinski definition) is 6. The Morgan fingerprint density at radius 1 is 1.00 bits per heavy atom. The molecule has 0 amide bonds. The Morgan fingerprint density at radius 3 is 2.67 bits per heavy atom. The molecule has 1 aliphatic rings. The number of benzene rings is 3. The third-order valence-corrected chi connectivity index (χ3v) is 8.54. The van der Waals surface area contributed by atoms with Crippen LogP contribution in [0.4, 0.5) is 0 Å². The molecule has 6 nitrogen and oxygen atoms in total. The summed E-state index contributed by atoms with van der Waals surface area (Å²) in [5.41, 5.74) is 6.21. The van der Waals surface area contributed by atoms with Crippen LogP contribution in [0.1, 0.15) is 50.5 Å². The monoisotopic (exact) mass is 490 g/mol. The maximum Gasteiger partial charge on any atom is 0.115 e. The highest BCUT2D eigenvalue weighted by Crippen LogP contribution is 2.39. The highest BCUT2D eigenvalue weighted by molar-refractivity contribution is 7.22. The van der Waals surface area contributed by atoms with Gasteiger partial charge in [-0.25, -0.2) is 4.98 Å². The Morgan fingerprint density at radius 2 is 1.86 bits per heavy atom. The lowest BCUT2D eigenvalue weighted by atomic mass is 10.0. The van der Waals surface area contributed by atoms with Crippen LogP contribution in [0.3, 0.4) is 0 Å². The highest BCUT2D eigenvalue weighted by atomic mass is 32.1. The van der Waals surface area contributed by atoms with E-state index in [0.717, 1.165) is 57.5 Å². The first-order chi connectivity index (χ1) is 17.6. The Bertz CT molecular complexity index is 1830. The number of imidazole rings is 1. The summed E-state index contributed by atoms with van der Waals surface area (Å²) < 4.78 is 1.29. The molecule has 0 saturated heterocycles. The van der Waals surface area contributed by atoms with E-state index in [4.69, 9.17) is 15.0 Å². The number of nitrogens with zero attached hydrogens (tertiary/aromatic N) is 4. The lowest BCUT2D eigenvalue weighted by Gasteiger charge is -2.10. The topological polar surface area (TPSA) is 78.8 Å². The van der Waals surface area contributed by atoms with Crippen LogP contribution in [0.5, 0.6) is 0 Å². The van der Waals surface area contributed by atoms with E-state index in [-0.39, 0.29) is 6.04 Å². The number of aliphatic imine (C=N–C) groups is 1. The van der Waals surface area contributed by atoms with Gasteiger partial charge in [0.15, 0.2) is 0 Å². The van der Waals surface area contributed by atoms with Crippen LogP contribution in [-0.2, 0) is 0 Å². The zero-order valence-corrected chi connectivity index (χ0v) is 21.3. The van der Waals surface area contributed by atoms with E-state index < -0.39 is 0 Å². The Kier molecular flexibility index (Phi) is 4.82. The number of fused-ring (bicyclic) bond motifs is 7. The summed E-state index contributed by atoms with van der Waals surface area (Å²) in [6.45, 7) is 7.22. The molecule has 178 valence electrons. The molecule has 2 N–H and O–H groups in total. The normalized spacial score (nSPS) is 16.8. The molecule has 0 bridgehead atoms. The molecule has 3 aromatic heterocycles. The first-order valence-electron chi connectivity index (χ1n) is 12.5. The van der Waals surface area contributed by atoms with E-state index in [1.807, 2.05) is 18.3 Å². The summed E-state index contributed by atoms with van der Waals surface area (Å²) in [6, 6.07) is 16.0. The van der Waals surface area contributed by atoms with Crippen molar-refractivity contribution in [2.24, 2.45) is 4.99 Å². The van der Waals surface area contributed by atoms with Gasteiger partial charge in [0.25, 0.3) is 0 Å². The van der Waals surface area contributed by atoms with Gasteiger partial charge in [0.05, 0.1) is 35.0 Å². The van der Waals surface area contributed by atoms with Crippen molar-refractivity contribution in [2.45, 2.75) is 39.2 Å². The third kappa shape index (κ3) is 3.30. The standard InChI is InChI=1S/C29H26N6S/c1-4-15(2)29-34-26-20-8-7-18(11-21(20)25-27(28(26)35-29)31-10-9-30-25)24-13-19-6-5-17(12-23(19)36-24)22-14-32-16(3)33-22/h5-13,15,22H,4,14H2,1-3H3,(H,32,33)(H,34,35). The van der Waals surface area contributed by atoms with Gasteiger partial charge in [0.2, 0.25) is 0 Å². The molecule has 2 unspecified atom stereocenters. The Hall–Kier alpha value is -3.84. The molecule has 7 heteroatoms. The minimum atomic E-state index is 0.266. The van der Waals surface area contributed by atoms with Crippen molar-refractivity contribution in [3.63, 3.8) is 0 Å². The van der Waals surface area contributed by atoms with Gasteiger partial charge in [-0.05, 0) is 48.1 Å². The molecular formula is C29H26N6S. The van der Waals surface area contributed by atoms with Crippen LogP contribution < -0.4 is 5.32 Å². The van der Waals surface area contributed by atoms with Crippen molar-refractivity contribution in [1.82, 2.24) is 25.3 Å². The van der Waals surface area contributed by atoms with Crippen LogP contribution in [0, 0.1) is 0 Å². The molecule has 36 heavy (non-hydrogen) atoms. The van der Waals surface area contributed by atoms with Gasteiger partial charge in [0, 0.05) is 38.7 Å². The maximum absolute atomic E-state index is 5.02. The van der Waals surface area contributed by atoms with E-state index in [9.17, 15) is 0 Å². The highest BCUT2D eigenvalue weighted by Gasteiger charge is 2.19.